The Morgan fingerprint density at radius 1 is 1.35 bits per heavy atom. The van der Waals surface area contributed by atoms with Crippen LogP contribution in [0.4, 0.5) is 17.6 Å². The normalized spacial score (nSPS) is 15.7. The smallest absolute Gasteiger partial charge is 0.416 e. The molecule has 1 aromatic carbocycles. The van der Waals surface area contributed by atoms with Crippen LogP contribution in [0.5, 0.6) is 0 Å². The van der Waals surface area contributed by atoms with E-state index in [1.807, 2.05) is 0 Å². The summed E-state index contributed by atoms with van der Waals surface area (Å²) in [4.78, 5) is 12.2. The van der Waals surface area contributed by atoms with E-state index in [-0.39, 0.29) is 24.7 Å². The van der Waals surface area contributed by atoms with E-state index in [4.69, 9.17) is 5.11 Å². The van der Waals surface area contributed by atoms with E-state index in [0.29, 0.717) is 6.07 Å². The molecule has 0 saturated heterocycles. The summed E-state index contributed by atoms with van der Waals surface area (Å²) in [7, 11) is 0. The molecule has 0 heterocycles. The van der Waals surface area contributed by atoms with Gasteiger partial charge in [0.2, 0.25) is 0 Å². The lowest BCUT2D eigenvalue weighted by Crippen LogP contribution is -2.32. The molecule has 0 bridgehead atoms. The molecular formula is C13H13F4NO2. The number of hydrogen-bond donors (Lipinski definition) is 1. The molecule has 0 atom stereocenters. The summed E-state index contributed by atoms with van der Waals surface area (Å²) in [5, 5.41) is 8.79. The Morgan fingerprint density at radius 2 is 2.00 bits per heavy atom. The van der Waals surface area contributed by atoms with Crippen LogP contribution in [0.15, 0.2) is 18.2 Å². The molecule has 0 radical (unpaired) electrons. The van der Waals surface area contributed by atoms with Gasteiger partial charge in [-0.1, -0.05) is 6.07 Å². The van der Waals surface area contributed by atoms with Gasteiger partial charge in [-0.2, -0.15) is 13.2 Å². The Labute approximate surface area is 112 Å². The molecule has 0 aliphatic heterocycles. The predicted molar refractivity (Wildman–Crippen MR) is 62.5 cm³/mol. The molecule has 0 amide bonds. The van der Waals surface area contributed by atoms with E-state index < -0.39 is 23.5 Å². The first-order valence-corrected chi connectivity index (χ1v) is 6.09. The van der Waals surface area contributed by atoms with Crippen molar-refractivity contribution >= 4 is 5.97 Å². The zero-order chi connectivity index (χ0) is 14.9. The zero-order valence-corrected chi connectivity index (χ0v) is 10.5. The molecule has 110 valence electrons. The second-order valence-corrected chi connectivity index (χ2v) is 4.83. The highest BCUT2D eigenvalue weighted by Crippen LogP contribution is 2.35. The number of carbonyl (C=O) groups is 1. The third-order valence-electron chi connectivity index (χ3n) is 3.15. The number of hydrogen-bond acceptors (Lipinski definition) is 2. The number of carboxylic acids is 1. The lowest BCUT2D eigenvalue weighted by molar-refractivity contribution is -0.139. The van der Waals surface area contributed by atoms with Crippen LogP contribution in [0, 0.1) is 5.82 Å². The fourth-order valence-corrected chi connectivity index (χ4v) is 2.10. The molecule has 7 heteroatoms. The van der Waals surface area contributed by atoms with Crippen molar-refractivity contribution in [2.24, 2.45) is 0 Å². The van der Waals surface area contributed by atoms with Crippen LogP contribution in [0.2, 0.25) is 0 Å². The monoisotopic (exact) mass is 291 g/mol. The van der Waals surface area contributed by atoms with Crippen LogP contribution in [-0.2, 0) is 17.5 Å². The lowest BCUT2D eigenvalue weighted by Gasteiger charge is -2.22. The number of benzene rings is 1. The van der Waals surface area contributed by atoms with Crippen molar-refractivity contribution in [3.05, 3.63) is 35.1 Å². The molecule has 20 heavy (non-hydrogen) atoms. The highest BCUT2D eigenvalue weighted by atomic mass is 19.4. The van der Waals surface area contributed by atoms with Gasteiger partial charge >= 0.3 is 12.1 Å². The summed E-state index contributed by atoms with van der Waals surface area (Å²) in [6.45, 7) is -0.467. The van der Waals surface area contributed by atoms with Gasteiger partial charge in [0.1, 0.15) is 5.82 Å². The SMILES string of the molecule is O=C(O)CN(Cc1ccc(F)cc1C(F)(F)F)C1CC1. The van der Waals surface area contributed by atoms with Crippen LogP contribution in [0.1, 0.15) is 24.0 Å². The second kappa shape index (κ2) is 5.40. The minimum atomic E-state index is -4.66. The maximum atomic E-state index is 13.0. The summed E-state index contributed by atoms with van der Waals surface area (Å²) in [5.74, 6) is -2.05. The minimum Gasteiger partial charge on any atom is -0.480 e. The standard InChI is InChI=1S/C13H13F4NO2/c14-9-2-1-8(11(5-9)13(15,16)17)6-18(7-12(19)20)10-3-4-10/h1-2,5,10H,3-4,6-7H2,(H,19,20). The Bertz CT molecular complexity index is 512. The second-order valence-electron chi connectivity index (χ2n) is 4.83. The quantitative estimate of drug-likeness (QED) is 0.848. The topological polar surface area (TPSA) is 40.5 Å². The number of aliphatic carboxylic acids is 1. The maximum Gasteiger partial charge on any atom is 0.416 e. The first-order valence-electron chi connectivity index (χ1n) is 6.09. The van der Waals surface area contributed by atoms with E-state index >= 15 is 0 Å². The fourth-order valence-electron chi connectivity index (χ4n) is 2.10. The van der Waals surface area contributed by atoms with E-state index in [2.05, 4.69) is 0 Å². The van der Waals surface area contributed by atoms with E-state index in [1.165, 1.54) is 4.90 Å². The maximum absolute atomic E-state index is 13.0. The van der Waals surface area contributed by atoms with Gasteiger partial charge in [-0.3, -0.25) is 9.69 Å². The highest BCUT2D eigenvalue weighted by molar-refractivity contribution is 5.69. The van der Waals surface area contributed by atoms with E-state index in [1.54, 1.807) is 0 Å². The average Bonchev–Trinajstić information content (AvgIpc) is 3.12. The molecule has 3 nitrogen and oxygen atoms in total. The summed E-state index contributed by atoms with van der Waals surface area (Å²) in [6.07, 6.45) is -3.11. The van der Waals surface area contributed by atoms with Crippen molar-refractivity contribution in [3.8, 4) is 0 Å². The van der Waals surface area contributed by atoms with Crippen LogP contribution >= 0.6 is 0 Å². The summed E-state index contributed by atoms with van der Waals surface area (Å²) >= 11 is 0. The molecule has 1 aliphatic carbocycles. The minimum absolute atomic E-state index is 0.00256. The van der Waals surface area contributed by atoms with Crippen LogP contribution in [-0.4, -0.2) is 28.6 Å². The molecule has 0 spiro atoms. The molecule has 1 aromatic rings. The largest absolute Gasteiger partial charge is 0.480 e. The van der Waals surface area contributed by atoms with E-state index in [0.717, 1.165) is 25.0 Å². The summed E-state index contributed by atoms with van der Waals surface area (Å²) < 4.78 is 51.6. The van der Waals surface area contributed by atoms with Gasteiger partial charge in [0, 0.05) is 12.6 Å². The summed E-state index contributed by atoms with van der Waals surface area (Å²) in [5.41, 5.74) is -1.15. The Balaban J connectivity index is 2.25. The fraction of sp³-hybridized carbons (Fsp3) is 0.462. The first kappa shape index (κ1) is 14.8. The molecule has 2 rings (SSSR count). The molecule has 1 fully saturated rings. The number of alkyl halides is 3. The van der Waals surface area contributed by atoms with Crippen molar-refractivity contribution in [2.75, 3.05) is 6.54 Å². The summed E-state index contributed by atoms with van der Waals surface area (Å²) in [6, 6.07) is 2.46. The van der Waals surface area contributed by atoms with Gasteiger partial charge in [-0.25, -0.2) is 4.39 Å². The molecule has 1 N–H and O–H groups in total. The van der Waals surface area contributed by atoms with Gasteiger partial charge in [0.05, 0.1) is 12.1 Å². The molecule has 1 saturated carbocycles. The Morgan fingerprint density at radius 3 is 2.50 bits per heavy atom. The molecule has 0 unspecified atom stereocenters. The van der Waals surface area contributed by atoms with Crippen molar-refractivity contribution in [2.45, 2.75) is 31.6 Å². The zero-order valence-electron chi connectivity index (χ0n) is 10.5. The third-order valence-corrected chi connectivity index (χ3v) is 3.15. The molecule has 0 aromatic heterocycles. The van der Waals surface area contributed by atoms with Gasteiger partial charge in [-0.15, -0.1) is 0 Å². The molecular weight excluding hydrogens is 278 g/mol. The van der Waals surface area contributed by atoms with Crippen LogP contribution in [0.3, 0.4) is 0 Å². The number of carboxylic acid groups (broad SMARTS) is 1. The third kappa shape index (κ3) is 3.69. The van der Waals surface area contributed by atoms with Crippen LogP contribution in [0.25, 0.3) is 0 Å². The van der Waals surface area contributed by atoms with Crippen molar-refractivity contribution in [3.63, 3.8) is 0 Å². The number of nitrogens with zero attached hydrogens (tertiary/aromatic N) is 1. The predicted octanol–water partition coefficient (Wildman–Crippen LogP) is 2.89. The highest BCUT2D eigenvalue weighted by Gasteiger charge is 2.36. The Kier molecular flexibility index (Phi) is 3.99. The number of rotatable bonds is 5. The van der Waals surface area contributed by atoms with Crippen molar-refractivity contribution in [1.29, 1.82) is 0 Å². The number of halogens is 4. The van der Waals surface area contributed by atoms with Gasteiger partial charge < -0.3 is 5.11 Å². The van der Waals surface area contributed by atoms with Crippen molar-refractivity contribution < 1.29 is 27.5 Å². The van der Waals surface area contributed by atoms with Crippen LogP contribution < -0.4 is 0 Å². The lowest BCUT2D eigenvalue weighted by atomic mass is 10.1. The van der Waals surface area contributed by atoms with E-state index in [9.17, 15) is 22.4 Å². The van der Waals surface area contributed by atoms with Gasteiger partial charge in [0.25, 0.3) is 0 Å². The molecule has 1 aliphatic rings. The van der Waals surface area contributed by atoms with Gasteiger partial charge in [0.15, 0.2) is 0 Å². The van der Waals surface area contributed by atoms with Gasteiger partial charge in [-0.05, 0) is 30.5 Å². The first-order chi connectivity index (χ1) is 9.27. The average molecular weight is 291 g/mol. The van der Waals surface area contributed by atoms with Crippen molar-refractivity contribution in [1.82, 2.24) is 4.90 Å². The Hall–Kier alpha value is -1.63.